The average molecular weight is 299 g/mol. The van der Waals surface area contributed by atoms with Crippen molar-refractivity contribution in [2.45, 2.75) is 19.8 Å². The van der Waals surface area contributed by atoms with Crippen LogP contribution < -0.4 is 0 Å². The van der Waals surface area contributed by atoms with Crippen molar-refractivity contribution in [1.82, 2.24) is 0 Å². The van der Waals surface area contributed by atoms with Crippen LogP contribution in [0.4, 0.5) is 0 Å². The zero-order chi connectivity index (χ0) is 12.7. The molecule has 1 unspecified atom stereocenters. The molecule has 0 aliphatic rings. The van der Waals surface area contributed by atoms with E-state index in [4.69, 9.17) is 9.47 Å². The Morgan fingerprint density at radius 1 is 1.18 bits per heavy atom. The molecule has 0 radical (unpaired) electrons. The molecule has 1 atom stereocenters. The van der Waals surface area contributed by atoms with Crippen LogP contribution in [-0.2, 0) is 14.3 Å². The van der Waals surface area contributed by atoms with Crippen LogP contribution in [-0.4, -0.2) is 39.4 Å². The molecule has 0 saturated carbocycles. The van der Waals surface area contributed by atoms with E-state index < -0.39 is 5.92 Å². The number of benzene rings is 1. The second kappa shape index (κ2) is 7.25. The summed E-state index contributed by atoms with van der Waals surface area (Å²) in [6.07, 6.45) is 0. The summed E-state index contributed by atoms with van der Waals surface area (Å²) in [5.74, 6) is -0.781. The molecule has 92 valence electrons. The van der Waals surface area contributed by atoms with Crippen LogP contribution in [0.1, 0.15) is 25.3 Å². The fraction of sp³-hybridized carbons (Fsp3) is 0.385. The quantitative estimate of drug-likeness (QED) is 0.592. The van der Waals surface area contributed by atoms with Crippen molar-refractivity contribution in [2.75, 3.05) is 13.2 Å². The van der Waals surface area contributed by atoms with Crippen LogP contribution in [0.25, 0.3) is 0 Å². The van der Waals surface area contributed by atoms with Crippen LogP contribution in [0, 0.1) is 0 Å². The number of hydrogen-bond acceptors (Lipinski definition) is 3. The summed E-state index contributed by atoms with van der Waals surface area (Å²) in [7, 11) is 0. The zero-order valence-electron chi connectivity index (χ0n) is 10.0. The van der Waals surface area contributed by atoms with Gasteiger partial charge in [-0.1, -0.05) is 0 Å². The molecule has 0 saturated heterocycles. The molecule has 1 aromatic rings. The molecule has 0 fully saturated rings. The van der Waals surface area contributed by atoms with Gasteiger partial charge in [-0.05, 0) is 0 Å². The molecular weight excluding hydrogens is 283 g/mol. The maximum atomic E-state index is 11.9. The van der Waals surface area contributed by atoms with E-state index in [9.17, 15) is 4.79 Å². The Labute approximate surface area is 109 Å². The van der Waals surface area contributed by atoms with Gasteiger partial charge in [-0.2, -0.15) is 0 Å². The van der Waals surface area contributed by atoms with E-state index in [-0.39, 0.29) is 5.97 Å². The van der Waals surface area contributed by atoms with E-state index in [0.29, 0.717) is 17.8 Å². The van der Waals surface area contributed by atoms with Crippen LogP contribution >= 0.6 is 0 Å². The molecule has 17 heavy (non-hydrogen) atoms. The van der Waals surface area contributed by atoms with E-state index in [1.165, 1.54) is 0 Å². The number of rotatable bonds is 6. The molecule has 1 aromatic carbocycles. The van der Waals surface area contributed by atoms with E-state index in [1.54, 1.807) is 6.92 Å². The van der Waals surface area contributed by atoms with E-state index in [2.05, 4.69) is 15.6 Å². The fourth-order valence-electron chi connectivity index (χ4n) is 1.47. The van der Waals surface area contributed by atoms with Crippen LogP contribution in [0.5, 0.6) is 0 Å². The first-order valence-corrected chi connectivity index (χ1v) is 6.44. The second-order valence-electron chi connectivity index (χ2n) is 3.35. The predicted molar refractivity (Wildman–Crippen MR) is 68.2 cm³/mol. The molecule has 0 amide bonds. The molecule has 0 heterocycles. The van der Waals surface area contributed by atoms with Crippen molar-refractivity contribution in [1.29, 1.82) is 0 Å². The summed E-state index contributed by atoms with van der Waals surface area (Å²) < 4.78 is 11.0. The molecular formula is C13H16O3Se. The molecule has 4 heteroatoms. The van der Waals surface area contributed by atoms with Crippen LogP contribution in [0.2, 0.25) is 0 Å². The predicted octanol–water partition coefficient (Wildman–Crippen LogP) is 1.67. The Balaban J connectivity index is 2.94. The molecule has 0 N–H and O–H groups in total. The Morgan fingerprint density at radius 3 is 2.29 bits per heavy atom. The van der Waals surface area contributed by atoms with E-state index in [0.717, 1.165) is 5.56 Å². The van der Waals surface area contributed by atoms with Gasteiger partial charge in [0, 0.05) is 0 Å². The maximum absolute atomic E-state index is 11.9. The van der Waals surface area contributed by atoms with Gasteiger partial charge in [0.15, 0.2) is 0 Å². The Kier molecular flexibility index (Phi) is 5.95. The Bertz CT molecular complexity index is 358. The summed E-state index contributed by atoms with van der Waals surface area (Å²) in [6.45, 7) is 4.55. The van der Waals surface area contributed by atoms with Gasteiger partial charge in [0.05, 0.1) is 0 Å². The normalized spacial score (nSPS) is 11.6. The standard InChI is InChI=1S/C13H16O3Se/c1-3-15-12(14)11(13(17)16-4-2)10-8-6-5-7-9-10/h5-9,11H,3-4H2,1-2H3. The number of carbonyl (C=O) groups excluding carboxylic acids is 1. The average Bonchev–Trinajstić information content (AvgIpc) is 2.31. The third kappa shape index (κ3) is 3.99. The van der Waals surface area contributed by atoms with Gasteiger partial charge in [0.2, 0.25) is 0 Å². The van der Waals surface area contributed by atoms with Crippen LogP contribution in [0.3, 0.4) is 0 Å². The van der Waals surface area contributed by atoms with Gasteiger partial charge in [-0.3, -0.25) is 0 Å². The Morgan fingerprint density at radius 2 is 1.76 bits per heavy atom. The first kappa shape index (κ1) is 13.9. The van der Waals surface area contributed by atoms with Crippen molar-refractivity contribution in [3.05, 3.63) is 35.9 Å². The molecule has 1 rings (SSSR count). The van der Waals surface area contributed by atoms with Crippen molar-refractivity contribution in [3.8, 4) is 0 Å². The third-order valence-corrected chi connectivity index (χ3v) is 2.92. The van der Waals surface area contributed by atoms with Crippen molar-refractivity contribution in [2.24, 2.45) is 0 Å². The van der Waals surface area contributed by atoms with Crippen molar-refractivity contribution in [3.63, 3.8) is 0 Å². The van der Waals surface area contributed by atoms with Crippen molar-refractivity contribution >= 4 is 26.1 Å². The van der Waals surface area contributed by atoms with Gasteiger partial charge < -0.3 is 0 Å². The number of ether oxygens (including phenoxy) is 2. The second-order valence-corrected chi connectivity index (χ2v) is 4.19. The summed E-state index contributed by atoms with van der Waals surface area (Å²) in [5.41, 5.74) is 0.869. The molecule has 3 nitrogen and oxygen atoms in total. The Hall–Kier alpha value is -1.12. The SMILES string of the molecule is CCOC(=O)C(C(=[Se])OCC)c1ccccc1. The summed E-state index contributed by atoms with van der Waals surface area (Å²) in [4.78, 5) is 11.9. The molecule has 0 aliphatic heterocycles. The van der Waals surface area contributed by atoms with E-state index >= 15 is 0 Å². The summed E-state index contributed by atoms with van der Waals surface area (Å²) in [5, 5.41) is 0. The topological polar surface area (TPSA) is 35.5 Å². The van der Waals surface area contributed by atoms with Gasteiger partial charge in [-0.15, -0.1) is 0 Å². The van der Waals surface area contributed by atoms with Crippen molar-refractivity contribution < 1.29 is 14.3 Å². The minimum atomic E-state index is -0.490. The fourth-order valence-corrected chi connectivity index (χ4v) is 2.20. The monoisotopic (exact) mass is 300 g/mol. The first-order valence-electron chi connectivity index (χ1n) is 5.58. The summed E-state index contributed by atoms with van der Waals surface area (Å²) in [6, 6.07) is 9.46. The zero-order valence-corrected chi connectivity index (χ0v) is 11.7. The first-order chi connectivity index (χ1) is 8.20. The summed E-state index contributed by atoms with van der Waals surface area (Å²) >= 11 is 2.81. The number of hydrogen-bond donors (Lipinski definition) is 0. The molecule has 0 bridgehead atoms. The number of esters is 1. The van der Waals surface area contributed by atoms with Gasteiger partial charge in [-0.25, -0.2) is 0 Å². The molecule has 0 aliphatic carbocycles. The van der Waals surface area contributed by atoms with Gasteiger partial charge in [0.25, 0.3) is 0 Å². The van der Waals surface area contributed by atoms with Gasteiger partial charge in [0.1, 0.15) is 0 Å². The van der Waals surface area contributed by atoms with Gasteiger partial charge >= 0.3 is 109 Å². The van der Waals surface area contributed by atoms with Crippen LogP contribution in [0.15, 0.2) is 30.3 Å². The molecule has 0 aromatic heterocycles. The minimum absolute atomic E-state index is 0.291. The molecule has 0 spiro atoms. The number of carbonyl (C=O) groups is 1. The third-order valence-electron chi connectivity index (χ3n) is 2.18. The van der Waals surface area contributed by atoms with E-state index in [1.807, 2.05) is 37.3 Å².